The molecule has 0 saturated heterocycles. The van der Waals surface area contributed by atoms with Crippen molar-refractivity contribution in [3.05, 3.63) is 53.9 Å². The molecule has 0 spiro atoms. The van der Waals surface area contributed by atoms with Crippen LogP contribution in [0.2, 0.25) is 0 Å². The molecule has 108 valence electrons. The zero-order valence-corrected chi connectivity index (χ0v) is 12.1. The predicted molar refractivity (Wildman–Crippen MR) is 84.8 cm³/mol. The van der Waals surface area contributed by atoms with Gasteiger partial charge in [0.15, 0.2) is 0 Å². The van der Waals surface area contributed by atoms with Crippen molar-refractivity contribution in [2.75, 3.05) is 0 Å². The lowest BCUT2D eigenvalue weighted by Gasteiger charge is -2.19. The second-order valence-corrected chi connectivity index (χ2v) is 5.60. The third-order valence-electron chi connectivity index (χ3n) is 4.04. The Labute approximate surface area is 125 Å². The summed E-state index contributed by atoms with van der Waals surface area (Å²) >= 11 is 0. The van der Waals surface area contributed by atoms with E-state index < -0.39 is 0 Å². The monoisotopic (exact) mass is 280 g/mol. The summed E-state index contributed by atoms with van der Waals surface area (Å²) in [5.74, 6) is 0.304. The van der Waals surface area contributed by atoms with Crippen LogP contribution in [0.15, 0.2) is 42.6 Å². The molecule has 1 aliphatic rings. The van der Waals surface area contributed by atoms with Gasteiger partial charge in [0.25, 0.3) is 0 Å². The average Bonchev–Trinajstić information content (AvgIpc) is 3.03. The van der Waals surface area contributed by atoms with Crippen LogP contribution in [-0.2, 0) is 0 Å². The highest BCUT2D eigenvalue weighted by atomic mass is 16.2. The van der Waals surface area contributed by atoms with Crippen molar-refractivity contribution in [1.29, 1.82) is 0 Å². The van der Waals surface area contributed by atoms with E-state index in [1.165, 1.54) is 23.9 Å². The quantitative estimate of drug-likeness (QED) is 0.841. The number of hydrogen-bond acceptors (Lipinski definition) is 2. The zero-order valence-electron chi connectivity index (χ0n) is 12.1. The molecular formula is C18H20N2O. The fourth-order valence-electron chi connectivity index (χ4n) is 2.83. The fraction of sp³-hybridized carbons (Fsp3) is 0.333. The van der Waals surface area contributed by atoms with Gasteiger partial charge in [-0.2, -0.15) is 5.10 Å². The van der Waals surface area contributed by atoms with Crippen molar-refractivity contribution in [3.8, 4) is 0 Å². The molecule has 0 radical (unpaired) electrons. The Kier molecular flexibility index (Phi) is 4.29. The van der Waals surface area contributed by atoms with Gasteiger partial charge in [-0.15, -0.1) is 0 Å². The summed E-state index contributed by atoms with van der Waals surface area (Å²) in [6.45, 7) is 0. The molecule has 1 aromatic carbocycles. The molecule has 0 atom stereocenters. The Morgan fingerprint density at radius 1 is 1.05 bits per heavy atom. The van der Waals surface area contributed by atoms with Crippen molar-refractivity contribution in [1.82, 2.24) is 9.78 Å². The third kappa shape index (κ3) is 3.48. The Hall–Kier alpha value is -2.16. The van der Waals surface area contributed by atoms with Gasteiger partial charge < -0.3 is 0 Å². The highest BCUT2D eigenvalue weighted by Gasteiger charge is 2.22. The standard InChI is InChI=1S/C18H20N2O/c21-18(16-9-5-2-6-10-16)20-14-13-17(19-20)12-11-15-7-3-1-4-8-15/h1,3-4,7-8,11-14,16H,2,5-6,9-10H2. The molecule has 1 fully saturated rings. The van der Waals surface area contributed by atoms with E-state index in [0.29, 0.717) is 0 Å². The van der Waals surface area contributed by atoms with Crippen LogP contribution in [0, 0.1) is 5.92 Å². The van der Waals surface area contributed by atoms with E-state index in [0.717, 1.165) is 24.1 Å². The highest BCUT2D eigenvalue weighted by molar-refractivity contribution is 5.81. The van der Waals surface area contributed by atoms with Gasteiger partial charge in [0.2, 0.25) is 5.91 Å². The molecule has 0 amide bonds. The first-order valence-corrected chi connectivity index (χ1v) is 7.66. The smallest absolute Gasteiger partial charge is 0.249 e. The van der Waals surface area contributed by atoms with E-state index in [1.807, 2.05) is 48.6 Å². The Morgan fingerprint density at radius 3 is 2.57 bits per heavy atom. The van der Waals surface area contributed by atoms with E-state index in [9.17, 15) is 4.79 Å². The van der Waals surface area contributed by atoms with Crippen molar-refractivity contribution in [2.24, 2.45) is 5.92 Å². The van der Waals surface area contributed by atoms with Crippen LogP contribution >= 0.6 is 0 Å². The SMILES string of the molecule is O=C(C1CCCCC1)n1ccc(C=Cc2ccccc2)n1. The first-order chi connectivity index (χ1) is 10.3. The Balaban J connectivity index is 1.68. The maximum atomic E-state index is 12.4. The Bertz CT molecular complexity index is 622. The molecule has 0 N–H and O–H groups in total. The van der Waals surface area contributed by atoms with Crippen LogP contribution in [0.5, 0.6) is 0 Å². The summed E-state index contributed by atoms with van der Waals surface area (Å²) in [6, 6.07) is 12.0. The average molecular weight is 280 g/mol. The molecule has 21 heavy (non-hydrogen) atoms. The minimum Gasteiger partial charge on any atom is -0.272 e. The molecule has 0 bridgehead atoms. The molecule has 0 unspecified atom stereocenters. The van der Waals surface area contributed by atoms with E-state index in [1.54, 1.807) is 6.20 Å². The maximum Gasteiger partial charge on any atom is 0.249 e. The largest absolute Gasteiger partial charge is 0.272 e. The molecule has 1 aromatic heterocycles. The van der Waals surface area contributed by atoms with Gasteiger partial charge in [0.1, 0.15) is 0 Å². The fourth-order valence-corrected chi connectivity index (χ4v) is 2.83. The zero-order chi connectivity index (χ0) is 14.5. The first-order valence-electron chi connectivity index (χ1n) is 7.66. The summed E-state index contributed by atoms with van der Waals surface area (Å²) in [5, 5.41) is 4.38. The molecule has 1 heterocycles. The molecule has 3 heteroatoms. The van der Waals surface area contributed by atoms with E-state index in [-0.39, 0.29) is 11.8 Å². The lowest BCUT2D eigenvalue weighted by molar-refractivity contribution is 0.0784. The predicted octanol–water partition coefficient (Wildman–Crippen LogP) is 4.27. The van der Waals surface area contributed by atoms with E-state index >= 15 is 0 Å². The van der Waals surface area contributed by atoms with Crippen molar-refractivity contribution in [3.63, 3.8) is 0 Å². The number of hydrogen-bond donors (Lipinski definition) is 0. The number of nitrogens with zero attached hydrogens (tertiary/aromatic N) is 2. The molecular weight excluding hydrogens is 260 g/mol. The number of aromatic nitrogens is 2. The summed E-state index contributed by atoms with van der Waals surface area (Å²) < 4.78 is 1.51. The van der Waals surface area contributed by atoms with Gasteiger partial charge in [-0.1, -0.05) is 55.7 Å². The van der Waals surface area contributed by atoms with Crippen molar-refractivity contribution >= 4 is 18.1 Å². The Morgan fingerprint density at radius 2 is 1.81 bits per heavy atom. The second-order valence-electron chi connectivity index (χ2n) is 5.60. The minimum absolute atomic E-state index is 0.147. The molecule has 1 aliphatic carbocycles. The molecule has 3 rings (SSSR count). The van der Waals surface area contributed by atoms with Crippen LogP contribution in [0.25, 0.3) is 12.2 Å². The van der Waals surface area contributed by atoms with Crippen LogP contribution < -0.4 is 0 Å². The van der Waals surface area contributed by atoms with Crippen molar-refractivity contribution in [2.45, 2.75) is 32.1 Å². The summed E-state index contributed by atoms with van der Waals surface area (Å²) in [7, 11) is 0. The molecule has 1 saturated carbocycles. The number of benzene rings is 1. The first kappa shape index (κ1) is 13.8. The minimum atomic E-state index is 0.147. The van der Waals surface area contributed by atoms with Crippen LogP contribution in [0.3, 0.4) is 0 Å². The van der Waals surface area contributed by atoms with Crippen LogP contribution in [0.1, 0.15) is 48.2 Å². The topological polar surface area (TPSA) is 34.9 Å². The van der Waals surface area contributed by atoms with Gasteiger partial charge in [0, 0.05) is 12.1 Å². The van der Waals surface area contributed by atoms with Gasteiger partial charge in [-0.25, -0.2) is 4.68 Å². The molecule has 0 aliphatic heterocycles. The van der Waals surface area contributed by atoms with E-state index in [4.69, 9.17) is 0 Å². The lowest BCUT2D eigenvalue weighted by Crippen LogP contribution is -2.24. The van der Waals surface area contributed by atoms with Crippen LogP contribution in [0.4, 0.5) is 0 Å². The number of carbonyl (C=O) groups excluding carboxylic acids is 1. The highest BCUT2D eigenvalue weighted by Crippen LogP contribution is 2.24. The molecule has 3 nitrogen and oxygen atoms in total. The summed E-state index contributed by atoms with van der Waals surface area (Å²) in [4.78, 5) is 12.4. The van der Waals surface area contributed by atoms with Gasteiger partial charge in [0.05, 0.1) is 5.69 Å². The van der Waals surface area contributed by atoms with Gasteiger partial charge in [-0.05, 0) is 30.5 Å². The van der Waals surface area contributed by atoms with E-state index in [2.05, 4.69) is 5.10 Å². The van der Waals surface area contributed by atoms with Crippen LogP contribution in [-0.4, -0.2) is 15.7 Å². The summed E-state index contributed by atoms with van der Waals surface area (Å²) in [6.07, 6.45) is 11.3. The lowest BCUT2D eigenvalue weighted by atomic mass is 9.89. The molecule has 2 aromatic rings. The normalized spacial score (nSPS) is 16.4. The van der Waals surface area contributed by atoms with Gasteiger partial charge >= 0.3 is 0 Å². The number of carbonyl (C=O) groups is 1. The third-order valence-corrected chi connectivity index (χ3v) is 4.04. The van der Waals surface area contributed by atoms with Gasteiger partial charge in [-0.3, -0.25) is 4.79 Å². The summed E-state index contributed by atoms with van der Waals surface area (Å²) in [5.41, 5.74) is 1.95. The van der Waals surface area contributed by atoms with Crippen molar-refractivity contribution < 1.29 is 4.79 Å². The maximum absolute atomic E-state index is 12.4. The second kappa shape index (κ2) is 6.53. The number of rotatable bonds is 3.